The summed E-state index contributed by atoms with van der Waals surface area (Å²) >= 11 is 6.10. The molecule has 2 amide bonds. The quantitative estimate of drug-likeness (QED) is 0.614. The summed E-state index contributed by atoms with van der Waals surface area (Å²) in [7, 11) is 0. The molecule has 1 N–H and O–H groups in total. The lowest BCUT2D eigenvalue weighted by molar-refractivity contribution is -0.120. The largest absolute Gasteiger partial charge is 0.486 e. The van der Waals surface area contributed by atoms with Gasteiger partial charge in [-0.3, -0.25) is 9.59 Å². The summed E-state index contributed by atoms with van der Waals surface area (Å²) in [5.41, 5.74) is 2.15. The lowest BCUT2D eigenvalue weighted by Crippen LogP contribution is -2.32. The molecule has 154 valence electrons. The average Bonchev–Trinajstić information content (AvgIpc) is 3.03. The van der Waals surface area contributed by atoms with Gasteiger partial charge in [0.15, 0.2) is 11.5 Å². The standard InChI is InChI=1S/C24H17ClN2O4/c25-16-7-4-8-18(13-16)27-23(28)21(15-5-2-1-3-6-15)22(24(27)29)26-17-9-10-19-20(14-17)31-12-11-30-19/h1-10,13-14,26H,11-12H2. The van der Waals surface area contributed by atoms with Crippen LogP contribution in [0.5, 0.6) is 11.5 Å². The van der Waals surface area contributed by atoms with Gasteiger partial charge in [-0.2, -0.15) is 0 Å². The number of imide groups is 1. The molecule has 2 aliphatic heterocycles. The van der Waals surface area contributed by atoms with E-state index in [0.717, 1.165) is 4.90 Å². The smallest absolute Gasteiger partial charge is 0.282 e. The van der Waals surface area contributed by atoms with E-state index in [1.165, 1.54) is 0 Å². The number of nitrogens with one attached hydrogen (secondary N) is 1. The molecular formula is C24H17ClN2O4. The molecule has 0 saturated heterocycles. The zero-order valence-electron chi connectivity index (χ0n) is 16.3. The van der Waals surface area contributed by atoms with Gasteiger partial charge < -0.3 is 14.8 Å². The first kappa shape index (κ1) is 19.2. The Morgan fingerprint density at radius 3 is 2.35 bits per heavy atom. The Bertz CT molecular complexity index is 1220. The van der Waals surface area contributed by atoms with Gasteiger partial charge in [0.2, 0.25) is 0 Å². The molecular weight excluding hydrogens is 416 g/mol. The van der Waals surface area contributed by atoms with E-state index in [9.17, 15) is 9.59 Å². The molecule has 0 saturated carbocycles. The van der Waals surface area contributed by atoms with Gasteiger partial charge >= 0.3 is 0 Å². The van der Waals surface area contributed by atoms with Gasteiger partial charge in [0, 0.05) is 16.8 Å². The van der Waals surface area contributed by atoms with E-state index in [2.05, 4.69) is 5.32 Å². The van der Waals surface area contributed by atoms with Gasteiger partial charge in [-0.05, 0) is 35.9 Å². The van der Waals surface area contributed by atoms with Crippen molar-refractivity contribution >= 4 is 40.4 Å². The van der Waals surface area contributed by atoms with Crippen LogP contribution in [0.15, 0.2) is 78.5 Å². The van der Waals surface area contributed by atoms with Crippen molar-refractivity contribution in [2.75, 3.05) is 23.4 Å². The molecule has 0 fully saturated rings. The van der Waals surface area contributed by atoms with Gasteiger partial charge in [-0.15, -0.1) is 0 Å². The number of benzene rings is 3. The third kappa shape index (κ3) is 3.51. The van der Waals surface area contributed by atoms with Gasteiger partial charge in [0.25, 0.3) is 11.8 Å². The topological polar surface area (TPSA) is 67.9 Å². The lowest BCUT2D eigenvalue weighted by atomic mass is 10.0. The summed E-state index contributed by atoms with van der Waals surface area (Å²) in [5, 5.41) is 3.57. The predicted molar refractivity (Wildman–Crippen MR) is 118 cm³/mol. The normalized spacial score (nSPS) is 15.5. The van der Waals surface area contributed by atoms with Gasteiger partial charge in [-0.1, -0.05) is 48.0 Å². The summed E-state index contributed by atoms with van der Waals surface area (Å²) in [6.07, 6.45) is 0. The van der Waals surface area contributed by atoms with Crippen LogP contribution in [0.2, 0.25) is 5.02 Å². The van der Waals surface area contributed by atoms with Crippen molar-refractivity contribution in [2.45, 2.75) is 0 Å². The summed E-state index contributed by atoms with van der Waals surface area (Å²) in [5.74, 6) is 0.351. The van der Waals surface area contributed by atoms with Crippen molar-refractivity contribution in [3.63, 3.8) is 0 Å². The molecule has 7 heteroatoms. The molecule has 2 aliphatic rings. The second-order valence-corrected chi connectivity index (χ2v) is 7.46. The minimum Gasteiger partial charge on any atom is -0.486 e. The highest BCUT2D eigenvalue weighted by Gasteiger charge is 2.40. The zero-order chi connectivity index (χ0) is 21.4. The molecule has 31 heavy (non-hydrogen) atoms. The Morgan fingerprint density at radius 1 is 0.806 bits per heavy atom. The molecule has 0 atom stereocenters. The number of carbonyl (C=O) groups excluding carboxylic acids is 2. The SMILES string of the molecule is O=C1C(Nc2ccc3c(c2)OCCO3)=C(c2ccccc2)C(=O)N1c1cccc(Cl)c1. The Morgan fingerprint density at radius 2 is 1.58 bits per heavy atom. The van der Waals surface area contributed by atoms with Crippen molar-refractivity contribution in [3.05, 3.63) is 89.1 Å². The molecule has 0 bridgehead atoms. The summed E-state index contributed by atoms with van der Waals surface area (Å²) in [4.78, 5) is 27.9. The fourth-order valence-corrected chi connectivity index (χ4v) is 3.82. The van der Waals surface area contributed by atoms with E-state index in [0.29, 0.717) is 52.2 Å². The van der Waals surface area contributed by atoms with E-state index in [4.69, 9.17) is 21.1 Å². The predicted octanol–water partition coefficient (Wildman–Crippen LogP) is 4.51. The summed E-state index contributed by atoms with van der Waals surface area (Å²) < 4.78 is 11.2. The van der Waals surface area contributed by atoms with Gasteiger partial charge in [-0.25, -0.2) is 4.90 Å². The second kappa shape index (κ2) is 7.81. The molecule has 0 unspecified atom stereocenters. The Labute approximate surface area is 183 Å². The first-order valence-corrected chi connectivity index (χ1v) is 10.1. The van der Waals surface area contributed by atoms with Crippen LogP contribution in [0.1, 0.15) is 5.56 Å². The maximum absolute atomic E-state index is 13.4. The maximum Gasteiger partial charge on any atom is 0.282 e. The molecule has 0 radical (unpaired) electrons. The summed E-state index contributed by atoms with van der Waals surface area (Å²) in [6, 6.07) is 21.1. The highest BCUT2D eigenvalue weighted by Crippen LogP contribution is 2.37. The zero-order valence-corrected chi connectivity index (χ0v) is 17.1. The van der Waals surface area contributed by atoms with E-state index in [1.807, 2.05) is 18.2 Å². The van der Waals surface area contributed by atoms with Gasteiger partial charge in [0.05, 0.1) is 11.3 Å². The number of halogens is 1. The van der Waals surface area contributed by atoms with E-state index in [1.54, 1.807) is 54.6 Å². The van der Waals surface area contributed by atoms with Crippen LogP contribution < -0.4 is 19.7 Å². The van der Waals surface area contributed by atoms with Crippen molar-refractivity contribution in [1.82, 2.24) is 0 Å². The van der Waals surface area contributed by atoms with E-state index < -0.39 is 11.8 Å². The van der Waals surface area contributed by atoms with Crippen LogP contribution in [-0.2, 0) is 9.59 Å². The number of rotatable bonds is 4. The monoisotopic (exact) mass is 432 g/mol. The molecule has 6 nitrogen and oxygen atoms in total. The van der Waals surface area contributed by atoms with Crippen LogP contribution in [0.25, 0.3) is 5.57 Å². The number of hydrogen-bond acceptors (Lipinski definition) is 5. The number of hydrogen-bond donors (Lipinski definition) is 1. The second-order valence-electron chi connectivity index (χ2n) is 7.03. The fourth-order valence-electron chi connectivity index (χ4n) is 3.63. The lowest BCUT2D eigenvalue weighted by Gasteiger charge is -2.19. The highest BCUT2D eigenvalue weighted by atomic mass is 35.5. The average molecular weight is 433 g/mol. The van der Waals surface area contributed by atoms with Crippen molar-refractivity contribution in [2.24, 2.45) is 0 Å². The number of nitrogens with zero attached hydrogens (tertiary/aromatic N) is 1. The van der Waals surface area contributed by atoms with Crippen molar-refractivity contribution < 1.29 is 19.1 Å². The minimum atomic E-state index is -0.457. The van der Waals surface area contributed by atoms with Crippen LogP contribution in [0, 0.1) is 0 Å². The van der Waals surface area contributed by atoms with Crippen LogP contribution in [0.3, 0.4) is 0 Å². The number of ether oxygens (including phenoxy) is 2. The fraction of sp³-hybridized carbons (Fsp3) is 0.0833. The van der Waals surface area contributed by atoms with Gasteiger partial charge in [0.1, 0.15) is 18.9 Å². The number of amides is 2. The third-order valence-corrected chi connectivity index (χ3v) is 5.26. The Hall–Kier alpha value is -3.77. The Kier molecular flexibility index (Phi) is 4.84. The summed E-state index contributed by atoms with van der Waals surface area (Å²) in [6.45, 7) is 0.943. The van der Waals surface area contributed by atoms with Crippen molar-refractivity contribution in [3.8, 4) is 11.5 Å². The molecule has 0 aliphatic carbocycles. The molecule has 3 aromatic carbocycles. The van der Waals surface area contributed by atoms with Crippen LogP contribution >= 0.6 is 11.6 Å². The number of fused-ring (bicyclic) bond motifs is 1. The van der Waals surface area contributed by atoms with E-state index >= 15 is 0 Å². The molecule has 0 spiro atoms. The first-order chi connectivity index (χ1) is 15.1. The maximum atomic E-state index is 13.4. The highest BCUT2D eigenvalue weighted by molar-refractivity contribution is 6.46. The van der Waals surface area contributed by atoms with Crippen molar-refractivity contribution in [1.29, 1.82) is 0 Å². The van der Waals surface area contributed by atoms with Crippen LogP contribution in [-0.4, -0.2) is 25.0 Å². The van der Waals surface area contributed by atoms with Crippen LogP contribution in [0.4, 0.5) is 11.4 Å². The third-order valence-electron chi connectivity index (χ3n) is 5.02. The molecule has 2 heterocycles. The molecule has 3 aromatic rings. The number of anilines is 2. The molecule has 5 rings (SSSR count). The Balaban J connectivity index is 1.58. The first-order valence-electron chi connectivity index (χ1n) is 9.72. The van der Waals surface area contributed by atoms with E-state index in [-0.39, 0.29) is 5.70 Å². The number of carbonyl (C=O) groups is 2. The minimum absolute atomic E-state index is 0.188. The molecule has 0 aromatic heterocycles.